The van der Waals surface area contributed by atoms with Crippen LogP contribution in [0.2, 0.25) is 0 Å². The molecule has 0 radical (unpaired) electrons. The summed E-state index contributed by atoms with van der Waals surface area (Å²) in [6.07, 6.45) is 2.56. The van der Waals surface area contributed by atoms with Crippen LogP contribution in [-0.4, -0.2) is 33.1 Å². The molecule has 0 aromatic carbocycles. The van der Waals surface area contributed by atoms with Gasteiger partial charge in [-0.2, -0.15) is 5.10 Å². The molecule has 1 aromatic heterocycles. The largest absolute Gasteiger partial charge is 0.388 e. The van der Waals surface area contributed by atoms with Crippen molar-refractivity contribution in [2.75, 3.05) is 6.54 Å². The van der Waals surface area contributed by atoms with Gasteiger partial charge in [0, 0.05) is 38.8 Å². The number of nitrogens with zero attached hydrogens (tertiary/aromatic N) is 3. The number of aromatic nitrogens is 2. The number of nitrogens with two attached hydrogens (primary N) is 1. The highest BCUT2D eigenvalue weighted by molar-refractivity contribution is 5.76. The quantitative estimate of drug-likeness (QED) is 0.557. The van der Waals surface area contributed by atoms with E-state index in [9.17, 15) is 0 Å². The monoisotopic (exact) mass is 223 g/mol. The molecule has 0 aliphatic carbocycles. The molecule has 0 unspecified atom stereocenters. The molecule has 0 saturated heterocycles. The van der Waals surface area contributed by atoms with E-state index in [-0.39, 0.29) is 5.84 Å². The van der Waals surface area contributed by atoms with Crippen LogP contribution < -0.4 is 5.73 Å². The van der Waals surface area contributed by atoms with Gasteiger partial charge in [0.25, 0.3) is 0 Å². The third-order valence-electron chi connectivity index (χ3n) is 2.53. The van der Waals surface area contributed by atoms with Crippen LogP contribution in [0.1, 0.15) is 26.0 Å². The Hall–Kier alpha value is -1.36. The molecule has 1 aromatic rings. The molecule has 0 bridgehead atoms. The molecular weight excluding hydrogens is 202 g/mol. The first-order valence-corrected chi connectivity index (χ1v) is 5.54. The van der Waals surface area contributed by atoms with Gasteiger partial charge in [0.1, 0.15) is 0 Å². The molecule has 0 spiro atoms. The maximum atomic E-state index is 7.24. The van der Waals surface area contributed by atoms with Gasteiger partial charge in [-0.05, 0) is 19.9 Å². The Labute approximate surface area is 96.7 Å². The molecular formula is C11H21N5. The molecule has 0 amide bonds. The minimum Gasteiger partial charge on any atom is -0.388 e. The number of hydrogen-bond donors (Lipinski definition) is 2. The fraction of sp³-hybridized carbons (Fsp3) is 0.636. The van der Waals surface area contributed by atoms with Crippen LogP contribution in [0.5, 0.6) is 0 Å². The second-order valence-corrected chi connectivity index (χ2v) is 4.32. The second-order valence-electron chi connectivity index (χ2n) is 4.32. The Balaban J connectivity index is 2.54. The van der Waals surface area contributed by atoms with Gasteiger partial charge in [-0.3, -0.25) is 15.0 Å². The summed E-state index contributed by atoms with van der Waals surface area (Å²) in [6.45, 7) is 5.90. The van der Waals surface area contributed by atoms with Gasteiger partial charge in [0.05, 0.1) is 11.5 Å². The van der Waals surface area contributed by atoms with Crippen molar-refractivity contribution in [1.82, 2.24) is 14.7 Å². The van der Waals surface area contributed by atoms with E-state index >= 15 is 0 Å². The van der Waals surface area contributed by atoms with Crippen molar-refractivity contribution in [3.05, 3.63) is 18.0 Å². The summed E-state index contributed by atoms with van der Waals surface area (Å²) in [4.78, 5) is 2.27. The van der Waals surface area contributed by atoms with Crippen molar-refractivity contribution in [2.45, 2.75) is 32.9 Å². The van der Waals surface area contributed by atoms with E-state index in [1.54, 1.807) is 4.68 Å². The topological polar surface area (TPSA) is 70.9 Å². The lowest BCUT2D eigenvalue weighted by Crippen LogP contribution is -2.33. The number of hydrogen-bond acceptors (Lipinski definition) is 3. The van der Waals surface area contributed by atoms with Crippen LogP contribution in [0.15, 0.2) is 12.3 Å². The third kappa shape index (κ3) is 4.02. The molecule has 0 saturated carbocycles. The predicted octanol–water partition coefficient (Wildman–Crippen LogP) is 0.957. The first-order chi connectivity index (χ1) is 7.49. The van der Waals surface area contributed by atoms with E-state index in [1.165, 1.54) is 0 Å². The van der Waals surface area contributed by atoms with Crippen LogP contribution >= 0.6 is 0 Å². The lowest BCUT2D eigenvalue weighted by atomic mass is 10.2. The standard InChI is InChI=1S/C11H21N5/c1-9(2)16(7-5-11(12)13)8-10-4-6-15(3)14-10/h4,6,9H,5,7-8H2,1-3H3,(H3,12,13). The Kier molecular flexibility index (Phi) is 4.49. The van der Waals surface area contributed by atoms with Crippen molar-refractivity contribution in [3.8, 4) is 0 Å². The average molecular weight is 223 g/mol. The summed E-state index contributed by atoms with van der Waals surface area (Å²) < 4.78 is 1.80. The highest BCUT2D eigenvalue weighted by Gasteiger charge is 2.11. The molecule has 5 nitrogen and oxygen atoms in total. The SMILES string of the molecule is CC(C)N(CCC(=N)N)Cc1ccn(C)n1. The molecule has 1 heterocycles. The first kappa shape index (κ1) is 12.7. The Morgan fingerprint density at radius 3 is 2.75 bits per heavy atom. The second kappa shape index (κ2) is 5.65. The number of aryl methyl sites for hydroxylation is 1. The minimum atomic E-state index is 0.242. The molecule has 5 heteroatoms. The van der Waals surface area contributed by atoms with Crippen molar-refractivity contribution < 1.29 is 0 Å². The molecule has 1 rings (SSSR count). The first-order valence-electron chi connectivity index (χ1n) is 5.54. The fourth-order valence-corrected chi connectivity index (χ4v) is 1.54. The summed E-state index contributed by atoms with van der Waals surface area (Å²) in [5.41, 5.74) is 6.43. The van der Waals surface area contributed by atoms with Crippen LogP contribution in [0.4, 0.5) is 0 Å². The lowest BCUT2D eigenvalue weighted by Gasteiger charge is -2.25. The summed E-state index contributed by atoms with van der Waals surface area (Å²) in [5.74, 6) is 0.242. The van der Waals surface area contributed by atoms with E-state index in [0.717, 1.165) is 18.8 Å². The van der Waals surface area contributed by atoms with E-state index < -0.39 is 0 Å². The Morgan fingerprint density at radius 2 is 2.31 bits per heavy atom. The third-order valence-corrected chi connectivity index (χ3v) is 2.53. The zero-order valence-electron chi connectivity index (χ0n) is 10.3. The molecule has 0 atom stereocenters. The average Bonchev–Trinajstić information content (AvgIpc) is 2.57. The Bertz CT molecular complexity index is 342. The predicted molar refractivity (Wildman–Crippen MR) is 65.3 cm³/mol. The summed E-state index contributed by atoms with van der Waals surface area (Å²) >= 11 is 0. The molecule has 16 heavy (non-hydrogen) atoms. The van der Waals surface area contributed by atoms with E-state index in [4.69, 9.17) is 11.1 Å². The van der Waals surface area contributed by atoms with Crippen molar-refractivity contribution in [1.29, 1.82) is 5.41 Å². The zero-order chi connectivity index (χ0) is 12.1. The molecule has 0 aliphatic heterocycles. The van der Waals surface area contributed by atoms with Gasteiger partial charge in [-0.15, -0.1) is 0 Å². The lowest BCUT2D eigenvalue weighted by molar-refractivity contribution is 0.216. The zero-order valence-corrected chi connectivity index (χ0v) is 10.3. The van der Waals surface area contributed by atoms with Crippen LogP contribution in [0, 0.1) is 5.41 Å². The van der Waals surface area contributed by atoms with Gasteiger partial charge < -0.3 is 5.73 Å². The summed E-state index contributed by atoms with van der Waals surface area (Å²) in [7, 11) is 1.92. The van der Waals surface area contributed by atoms with E-state index in [2.05, 4.69) is 23.8 Å². The number of rotatable bonds is 6. The highest BCUT2D eigenvalue weighted by Crippen LogP contribution is 2.06. The van der Waals surface area contributed by atoms with Gasteiger partial charge in [0.2, 0.25) is 0 Å². The molecule has 0 aliphatic rings. The summed E-state index contributed by atoms with van der Waals surface area (Å²) in [6, 6.07) is 2.45. The molecule has 3 N–H and O–H groups in total. The van der Waals surface area contributed by atoms with Gasteiger partial charge >= 0.3 is 0 Å². The van der Waals surface area contributed by atoms with Gasteiger partial charge in [-0.25, -0.2) is 0 Å². The van der Waals surface area contributed by atoms with Crippen LogP contribution in [-0.2, 0) is 13.6 Å². The van der Waals surface area contributed by atoms with E-state index in [1.807, 2.05) is 19.3 Å². The fourth-order valence-electron chi connectivity index (χ4n) is 1.54. The highest BCUT2D eigenvalue weighted by atomic mass is 15.3. The van der Waals surface area contributed by atoms with Crippen molar-refractivity contribution >= 4 is 5.84 Å². The minimum absolute atomic E-state index is 0.242. The molecule has 90 valence electrons. The van der Waals surface area contributed by atoms with E-state index in [0.29, 0.717) is 12.5 Å². The van der Waals surface area contributed by atoms with Crippen molar-refractivity contribution in [3.63, 3.8) is 0 Å². The maximum absolute atomic E-state index is 7.24. The summed E-state index contributed by atoms with van der Waals surface area (Å²) in [5, 5.41) is 11.6. The van der Waals surface area contributed by atoms with Gasteiger partial charge in [-0.1, -0.05) is 0 Å². The maximum Gasteiger partial charge on any atom is 0.0918 e. The molecule has 0 fully saturated rings. The number of amidine groups is 1. The van der Waals surface area contributed by atoms with Gasteiger partial charge in [0.15, 0.2) is 0 Å². The van der Waals surface area contributed by atoms with Crippen LogP contribution in [0.25, 0.3) is 0 Å². The van der Waals surface area contributed by atoms with Crippen LogP contribution in [0.3, 0.4) is 0 Å². The Morgan fingerprint density at radius 1 is 1.62 bits per heavy atom. The van der Waals surface area contributed by atoms with Crippen molar-refractivity contribution in [2.24, 2.45) is 12.8 Å². The number of nitrogens with one attached hydrogen (secondary N) is 1. The smallest absolute Gasteiger partial charge is 0.0918 e. The normalized spacial score (nSPS) is 11.3.